The second-order valence-electron chi connectivity index (χ2n) is 5.50. The normalized spacial score (nSPS) is 17.6. The van der Waals surface area contributed by atoms with E-state index in [1.165, 1.54) is 0 Å². The number of fused-ring (bicyclic) bond motifs is 1. The fourth-order valence-electron chi connectivity index (χ4n) is 2.22. The van der Waals surface area contributed by atoms with Crippen LogP contribution >= 0.6 is 11.6 Å². The van der Waals surface area contributed by atoms with Crippen LogP contribution in [-0.4, -0.2) is 32.2 Å². The number of Topliss-reactive ketones (excluding diaryl/α,β-unsaturated/α-hetero) is 1. The highest BCUT2D eigenvalue weighted by Gasteiger charge is 2.29. The van der Waals surface area contributed by atoms with E-state index >= 15 is 0 Å². The van der Waals surface area contributed by atoms with Gasteiger partial charge in [-0.25, -0.2) is 0 Å². The van der Waals surface area contributed by atoms with Crippen molar-refractivity contribution in [1.29, 1.82) is 0 Å². The molecule has 116 valence electrons. The van der Waals surface area contributed by atoms with Gasteiger partial charge in [0.25, 0.3) is 0 Å². The number of carbonyl (C=O) groups is 1. The highest BCUT2D eigenvalue weighted by Crippen LogP contribution is 2.37. The molecule has 0 fully saturated rings. The van der Waals surface area contributed by atoms with Gasteiger partial charge in [0, 0.05) is 32.6 Å². The first kappa shape index (κ1) is 16.1. The Bertz CT molecular complexity index is 513. The summed E-state index contributed by atoms with van der Waals surface area (Å²) in [5.41, 5.74) is 0.543. The van der Waals surface area contributed by atoms with E-state index in [0.29, 0.717) is 41.7 Å². The lowest BCUT2D eigenvalue weighted by atomic mass is 9.94. The second kappa shape index (κ2) is 7.14. The van der Waals surface area contributed by atoms with E-state index in [2.05, 4.69) is 0 Å². The number of ketones is 1. The molecule has 1 aromatic rings. The van der Waals surface area contributed by atoms with Crippen molar-refractivity contribution in [3.63, 3.8) is 0 Å². The Kier molecular flexibility index (Phi) is 5.48. The van der Waals surface area contributed by atoms with Crippen LogP contribution in [0.1, 0.15) is 37.0 Å². The largest absolute Gasteiger partial charge is 0.492 e. The van der Waals surface area contributed by atoms with Gasteiger partial charge < -0.3 is 14.2 Å². The van der Waals surface area contributed by atoms with E-state index in [0.717, 1.165) is 6.42 Å². The molecule has 1 aliphatic rings. The summed E-state index contributed by atoms with van der Waals surface area (Å²) >= 11 is 6.17. The van der Waals surface area contributed by atoms with Gasteiger partial charge in [0.15, 0.2) is 5.78 Å². The summed E-state index contributed by atoms with van der Waals surface area (Å²) in [6.45, 7) is 5.23. The third-order valence-electron chi connectivity index (χ3n) is 3.49. The van der Waals surface area contributed by atoms with Crippen LogP contribution in [0.3, 0.4) is 0 Å². The Balaban J connectivity index is 2.16. The summed E-state index contributed by atoms with van der Waals surface area (Å²) in [5.74, 6) is 1.46. The zero-order valence-electron chi connectivity index (χ0n) is 12.6. The lowest BCUT2D eigenvalue weighted by molar-refractivity contribution is 0.0771. The molecule has 0 radical (unpaired) electrons. The molecule has 1 aromatic carbocycles. The van der Waals surface area contributed by atoms with Crippen molar-refractivity contribution in [1.82, 2.24) is 0 Å². The Labute approximate surface area is 130 Å². The van der Waals surface area contributed by atoms with Gasteiger partial charge in [-0.1, -0.05) is 25.4 Å². The molecule has 0 spiro atoms. The van der Waals surface area contributed by atoms with Crippen LogP contribution in [0, 0.1) is 5.92 Å². The minimum Gasteiger partial charge on any atom is -0.492 e. The van der Waals surface area contributed by atoms with Crippen LogP contribution in [-0.2, 0) is 4.74 Å². The standard InChI is InChI=1S/C16H21ClO4/c1-10(2)14-8-13(18)11-7-12(17)16(9-15(11)21-14)20-6-4-5-19-3/h7,9-10,14H,4-6,8H2,1-3H3. The summed E-state index contributed by atoms with van der Waals surface area (Å²) in [6.07, 6.45) is 1.08. The van der Waals surface area contributed by atoms with Crippen LogP contribution in [0.15, 0.2) is 12.1 Å². The van der Waals surface area contributed by atoms with E-state index in [-0.39, 0.29) is 17.8 Å². The van der Waals surface area contributed by atoms with Gasteiger partial charge >= 0.3 is 0 Å². The first-order valence-corrected chi connectivity index (χ1v) is 7.56. The molecule has 0 amide bonds. The van der Waals surface area contributed by atoms with Gasteiger partial charge in [0.2, 0.25) is 0 Å². The van der Waals surface area contributed by atoms with E-state index in [1.807, 2.05) is 13.8 Å². The van der Waals surface area contributed by atoms with Gasteiger partial charge in [-0.3, -0.25) is 4.79 Å². The van der Waals surface area contributed by atoms with Gasteiger partial charge in [-0.05, 0) is 12.0 Å². The van der Waals surface area contributed by atoms with Gasteiger partial charge in [0.05, 0.1) is 17.2 Å². The van der Waals surface area contributed by atoms with E-state index in [9.17, 15) is 4.79 Å². The van der Waals surface area contributed by atoms with Crippen LogP contribution in [0.25, 0.3) is 0 Å². The average molecular weight is 313 g/mol. The van der Waals surface area contributed by atoms with Gasteiger partial charge in [0.1, 0.15) is 17.6 Å². The van der Waals surface area contributed by atoms with Gasteiger partial charge in [-0.2, -0.15) is 0 Å². The maximum Gasteiger partial charge on any atom is 0.170 e. The fourth-order valence-corrected chi connectivity index (χ4v) is 2.43. The number of halogens is 1. The summed E-state index contributed by atoms with van der Waals surface area (Å²) in [6, 6.07) is 3.36. The highest BCUT2D eigenvalue weighted by atomic mass is 35.5. The molecule has 5 heteroatoms. The maximum atomic E-state index is 12.2. The molecule has 0 saturated heterocycles. The fraction of sp³-hybridized carbons (Fsp3) is 0.562. The Morgan fingerprint density at radius 1 is 1.38 bits per heavy atom. The van der Waals surface area contributed by atoms with Crippen molar-refractivity contribution in [2.75, 3.05) is 20.3 Å². The first-order valence-electron chi connectivity index (χ1n) is 7.18. The molecule has 21 heavy (non-hydrogen) atoms. The Morgan fingerprint density at radius 2 is 2.14 bits per heavy atom. The Hall–Kier alpha value is -1.26. The maximum absolute atomic E-state index is 12.2. The molecule has 1 aliphatic heterocycles. The van der Waals surface area contributed by atoms with Crippen LogP contribution < -0.4 is 9.47 Å². The van der Waals surface area contributed by atoms with Crippen molar-refractivity contribution in [2.45, 2.75) is 32.8 Å². The molecule has 4 nitrogen and oxygen atoms in total. The van der Waals surface area contributed by atoms with Crippen LogP contribution in [0.5, 0.6) is 11.5 Å². The predicted octanol–water partition coefficient (Wildman–Crippen LogP) is 3.75. The third kappa shape index (κ3) is 3.89. The molecule has 1 heterocycles. The molecule has 0 N–H and O–H groups in total. The summed E-state index contributed by atoms with van der Waals surface area (Å²) in [7, 11) is 1.65. The number of ether oxygens (including phenoxy) is 3. The SMILES string of the molecule is COCCCOc1cc2c(cc1Cl)C(=O)CC(C(C)C)O2. The smallest absolute Gasteiger partial charge is 0.170 e. The molecular weight excluding hydrogens is 292 g/mol. The monoisotopic (exact) mass is 312 g/mol. The van der Waals surface area contributed by atoms with E-state index in [4.69, 9.17) is 25.8 Å². The molecule has 0 aromatic heterocycles. The number of carbonyl (C=O) groups excluding carboxylic acids is 1. The minimum atomic E-state index is -0.0903. The molecule has 0 aliphatic carbocycles. The van der Waals surface area contributed by atoms with Crippen LogP contribution in [0.4, 0.5) is 0 Å². The number of methoxy groups -OCH3 is 1. The second-order valence-corrected chi connectivity index (χ2v) is 5.91. The molecular formula is C16H21ClO4. The number of hydrogen-bond donors (Lipinski definition) is 0. The lowest BCUT2D eigenvalue weighted by Gasteiger charge is -2.28. The first-order chi connectivity index (χ1) is 10.0. The molecule has 2 rings (SSSR count). The number of rotatable bonds is 6. The van der Waals surface area contributed by atoms with Crippen molar-refractivity contribution in [3.05, 3.63) is 22.7 Å². The zero-order valence-corrected chi connectivity index (χ0v) is 13.4. The molecule has 1 unspecified atom stereocenters. The van der Waals surface area contributed by atoms with E-state index in [1.54, 1.807) is 19.2 Å². The molecule has 1 atom stereocenters. The summed E-state index contributed by atoms with van der Waals surface area (Å²) in [4.78, 5) is 12.2. The summed E-state index contributed by atoms with van der Waals surface area (Å²) in [5, 5.41) is 0.436. The molecule has 0 bridgehead atoms. The highest BCUT2D eigenvalue weighted by molar-refractivity contribution is 6.32. The quantitative estimate of drug-likeness (QED) is 0.751. The number of hydrogen-bond acceptors (Lipinski definition) is 4. The third-order valence-corrected chi connectivity index (χ3v) is 3.79. The van der Waals surface area contributed by atoms with Crippen molar-refractivity contribution >= 4 is 17.4 Å². The topological polar surface area (TPSA) is 44.8 Å². The molecule has 0 saturated carbocycles. The lowest BCUT2D eigenvalue weighted by Crippen LogP contribution is -2.31. The summed E-state index contributed by atoms with van der Waals surface area (Å²) < 4.78 is 16.5. The van der Waals surface area contributed by atoms with Gasteiger partial charge in [-0.15, -0.1) is 0 Å². The minimum absolute atomic E-state index is 0.0720. The van der Waals surface area contributed by atoms with Crippen molar-refractivity contribution in [3.8, 4) is 11.5 Å². The average Bonchev–Trinajstić information content (AvgIpc) is 2.44. The Morgan fingerprint density at radius 3 is 2.81 bits per heavy atom. The van der Waals surface area contributed by atoms with E-state index < -0.39 is 0 Å². The van der Waals surface area contributed by atoms with Crippen molar-refractivity contribution in [2.24, 2.45) is 5.92 Å². The number of benzene rings is 1. The zero-order chi connectivity index (χ0) is 15.4. The predicted molar refractivity (Wildman–Crippen MR) is 81.6 cm³/mol. The van der Waals surface area contributed by atoms with Crippen molar-refractivity contribution < 1.29 is 19.0 Å². The van der Waals surface area contributed by atoms with Crippen LogP contribution in [0.2, 0.25) is 5.02 Å².